The fourth-order valence-electron chi connectivity index (χ4n) is 2.84. The zero-order chi connectivity index (χ0) is 14.6. The van der Waals surface area contributed by atoms with Gasteiger partial charge in [0, 0.05) is 22.5 Å². The van der Waals surface area contributed by atoms with Gasteiger partial charge in [-0.1, -0.05) is 40.2 Å². The van der Waals surface area contributed by atoms with Crippen LogP contribution in [-0.2, 0) is 0 Å². The van der Waals surface area contributed by atoms with Crippen LogP contribution in [0.4, 0.5) is 0 Å². The minimum atomic E-state index is 0.218. The van der Waals surface area contributed by atoms with E-state index in [1.165, 1.54) is 49.4 Å². The molecule has 1 aliphatic heterocycles. The van der Waals surface area contributed by atoms with Gasteiger partial charge in [-0.05, 0) is 38.4 Å². The van der Waals surface area contributed by atoms with Crippen molar-refractivity contribution in [3.05, 3.63) is 23.9 Å². The molecular formula is C17H28N2S. The largest absolute Gasteiger partial charge is 0.296 e. The van der Waals surface area contributed by atoms with Crippen LogP contribution >= 0.6 is 11.8 Å². The first-order valence-corrected chi connectivity index (χ1v) is 8.71. The van der Waals surface area contributed by atoms with Gasteiger partial charge in [0.1, 0.15) is 5.03 Å². The van der Waals surface area contributed by atoms with Crippen LogP contribution in [0.5, 0.6) is 0 Å². The minimum Gasteiger partial charge on any atom is -0.296 e. The molecule has 0 radical (unpaired) electrons. The maximum Gasteiger partial charge on any atom is 0.101 e. The third kappa shape index (κ3) is 4.23. The van der Waals surface area contributed by atoms with Crippen LogP contribution in [0.15, 0.2) is 23.4 Å². The van der Waals surface area contributed by atoms with E-state index in [1.54, 1.807) is 0 Å². The Bertz CT molecular complexity index is 425. The summed E-state index contributed by atoms with van der Waals surface area (Å²) in [5.41, 5.74) is 1.45. The van der Waals surface area contributed by atoms with Gasteiger partial charge in [0.05, 0.1) is 0 Å². The quantitative estimate of drug-likeness (QED) is 0.717. The van der Waals surface area contributed by atoms with Crippen molar-refractivity contribution in [2.24, 2.45) is 0 Å². The molecule has 0 bridgehead atoms. The SMILES string of the molecule is CCCCN1CCCC1c1cccnc1SC(C)(C)C. The Hall–Kier alpha value is -0.540. The molecule has 0 spiro atoms. The Kier molecular flexibility index (Phi) is 5.50. The molecule has 1 aromatic rings. The van der Waals surface area contributed by atoms with Crippen molar-refractivity contribution in [3.8, 4) is 0 Å². The van der Waals surface area contributed by atoms with E-state index in [1.807, 2.05) is 18.0 Å². The first-order chi connectivity index (χ1) is 9.51. The predicted molar refractivity (Wildman–Crippen MR) is 88.3 cm³/mol. The van der Waals surface area contributed by atoms with Gasteiger partial charge in [-0.2, -0.15) is 0 Å². The number of likely N-dealkylation sites (tertiary alicyclic amines) is 1. The molecular weight excluding hydrogens is 264 g/mol. The molecule has 1 aliphatic rings. The summed E-state index contributed by atoms with van der Waals surface area (Å²) in [5, 5.41) is 1.23. The van der Waals surface area contributed by atoms with Crippen molar-refractivity contribution in [1.82, 2.24) is 9.88 Å². The van der Waals surface area contributed by atoms with Crippen molar-refractivity contribution in [3.63, 3.8) is 0 Å². The van der Waals surface area contributed by atoms with Gasteiger partial charge in [-0.25, -0.2) is 4.98 Å². The zero-order valence-corrected chi connectivity index (χ0v) is 14.2. The highest BCUT2D eigenvalue weighted by Crippen LogP contribution is 2.40. The van der Waals surface area contributed by atoms with Crippen LogP contribution in [0.1, 0.15) is 65.0 Å². The third-order valence-corrected chi connectivity index (χ3v) is 4.87. The topological polar surface area (TPSA) is 16.1 Å². The number of pyridine rings is 1. The summed E-state index contributed by atoms with van der Waals surface area (Å²) in [7, 11) is 0. The predicted octanol–water partition coefficient (Wildman–Crippen LogP) is 4.91. The highest BCUT2D eigenvalue weighted by Gasteiger charge is 2.28. The van der Waals surface area contributed by atoms with E-state index in [0.717, 1.165) is 0 Å². The summed E-state index contributed by atoms with van der Waals surface area (Å²) in [6.45, 7) is 11.5. The number of thioether (sulfide) groups is 1. The summed E-state index contributed by atoms with van der Waals surface area (Å²) in [6, 6.07) is 4.97. The first-order valence-electron chi connectivity index (χ1n) is 7.89. The molecule has 1 aromatic heterocycles. The van der Waals surface area contributed by atoms with E-state index in [-0.39, 0.29) is 4.75 Å². The lowest BCUT2D eigenvalue weighted by Gasteiger charge is -2.27. The molecule has 0 saturated carbocycles. The summed E-state index contributed by atoms with van der Waals surface area (Å²) < 4.78 is 0.218. The van der Waals surface area contributed by atoms with Gasteiger partial charge in [0.25, 0.3) is 0 Å². The molecule has 1 atom stereocenters. The van der Waals surface area contributed by atoms with Crippen LogP contribution < -0.4 is 0 Å². The highest BCUT2D eigenvalue weighted by molar-refractivity contribution is 8.00. The maximum atomic E-state index is 4.66. The van der Waals surface area contributed by atoms with Gasteiger partial charge >= 0.3 is 0 Å². The molecule has 3 heteroatoms. The van der Waals surface area contributed by atoms with Crippen LogP contribution in [0.2, 0.25) is 0 Å². The fraction of sp³-hybridized carbons (Fsp3) is 0.706. The Morgan fingerprint density at radius 1 is 1.40 bits per heavy atom. The van der Waals surface area contributed by atoms with Crippen molar-refractivity contribution < 1.29 is 0 Å². The zero-order valence-electron chi connectivity index (χ0n) is 13.4. The summed E-state index contributed by atoms with van der Waals surface area (Å²) in [4.78, 5) is 7.32. The summed E-state index contributed by atoms with van der Waals surface area (Å²) >= 11 is 1.90. The monoisotopic (exact) mass is 292 g/mol. The van der Waals surface area contributed by atoms with Crippen LogP contribution in [0.3, 0.4) is 0 Å². The summed E-state index contributed by atoms with van der Waals surface area (Å²) in [6.07, 6.45) is 7.12. The third-order valence-electron chi connectivity index (χ3n) is 3.72. The van der Waals surface area contributed by atoms with Crippen molar-refractivity contribution in [2.45, 2.75) is 69.2 Å². The van der Waals surface area contributed by atoms with Crippen molar-refractivity contribution in [2.75, 3.05) is 13.1 Å². The lowest BCUT2D eigenvalue weighted by molar-refractivity contribution is 0.250. The number of hydrogen-bond acceptors (Lipinski definition) is 3. The Balaban J connectivity index is 2.18. The smallest absolute Gasteiger partial charge is 0.101 e. The average Bonchev–Trinajstić information content (AvgIpc) is 2.83. The van der Waals surface area contributed by atoms with Gasteiger partial charge in [-0.3, -0.25) is 4.90 Å². The second-order valence-electron chi connectivity index (χ2n) is 6.66. The van der Waals surface area contributed by atoms with E-state index in [0.29, 0.717) is 6.04 Å². The molecule has 0 aromatic carbocycles. The second kappa shape index (κ2) is 6.95. The first kappa shape index (κ1) is 15.8. The number of unbranched alkanes of at least 4 members (excludes halogenated alkanes) is 1. The van der Waals surface area contributed by atoms with E-state index in [4.69, 9.17) is 0 Å². The minimum absolute atomic E-state index is 0.218. The second-order valence-corrected chi connectivity index (χ2v) is 8.48. The number of hydrogen-bond donors (Lipinski definition) is 0. The van der Waals surface area contributed by atoms with Crippen LogP contribution in [-0.4, -0.2) is 27.7 Å². The molecule has 1 fully saturated rings. The fourth-order valence-corrected chi connectivity index (χ4v) is 3.85. The molecule has 0 N–H and O–H groups in total. The number of aromatic nitrogens is 1. The maximum absolute atomic E-state index is 4.66. The van der Waals surface area contributed by atoms with E-state index in [2.05, 4.69) is 49.7 Å². The lowest BCUT2D eigenvalue weighted by atomic mass is 10.1. The van der Waals surface area contributed by atoms with Crippen molar-refractivity contribution in [1.29, 1.82) is 0 Å². The van der Waals surface area contributed by atoms with Crippen LogP contribution in [0, 0.1) is 0 Å². The lowest BCUT2D eigenvalue weighted by Crippen LogP contribution is -2.25. The van der Waals surface area contributed by atoms with E-state index in [9.17, 15) is 0 Å². The van der Waals surface area contributed by atoms with Gasteiger partial charge < -0.3 is 0 Å². The average molecular weight is 292 g/mol. The van der Waals surface area contributed by atoms with E-state index >= 15 is 0 Å². The van der Waals surface area contributed by atoms with Crippen LogP contribution in [0.25, 0.3) is 0 Å². The molecule has 1 unspecified atom stereocenters. The molecule has 0 aliphatic carbocycles. The highest BCUT2D eigenvalue weighted by atomic mass is 32.2. The Morgan fingerprint density at radius 3 is 2.90 bits per heavy atom. The molecule has 20 heavy (non-hydrogen) atoms. The van der Waals surface area contributed by atoms with Gasteiger partial charge in [-0.15, -0.1) is 11.8 Å². The standard InChI is InChI=1S/C17H28N2S/c1-5-6-12-19-13-8-10-15(19)14-9-7-11-18-16(14)20-17(2,3)4/h7,9,11,15H,5-6,8,10,12-13H2,1-4H3. The number of nitrogens with zero attached hydrogens (tertiary/aromatic N) is 2. The molecule has 2 rings (SSSR count). The van der Waals surface area contributed by atoms with Gasteiger partial charge in [0.2, 0.25) is 0 Å². The molecule has 2 nitrogen and oxygen atoms in total. The molecule has 1 saturated heterocycles. The van der Waals surface area contributed by atoms with Gasteiger partial charge in [0.15, 0.2) is 0 Å². The molecule has 0 amide bonds. The Labute approximate surface area is 128 Å². The van der Waals surface area contributed by atoms with E-state index < -0.39 is 0 Å². The van der Waals surface area contributed by atoms with Crippen molar-refractivity contribution >= 4 is 11.8 Å². The normalized spacial score (nSPS) is 20.5. The summed E-state index contributed by atoms with van der Waals surface area (Å²) in [5.74, 6) is 0. The molecule has 112 valence electrons. The number of rotatable bonds is 5. The Morgan fingerprint density at radius 2 is 2.20 bits per heavy atom. The molecule has 2 heterocycles.